The molecule has 0 saturated heterocycles. The van der Waals surface area contributed by atoms with Crippen molar-refractivity contribution in [2.75, 3.05) is 0 Å². The second kappa shape index (κ2) is 12.2. The van der Waals surface area contributed by atoms with E-state index in [-0.39, 0.29) is 5.41 Å². The Morgan fingerprint density at radius 1 is 0.321 bits per heavy atom. The number of benzene rings is 8. The summed E-state index contributed by atoms with van der Waals surface area (Å²) in [6, 6.07) is 68.0. The van der Waals surface area contributed by atoms with Crippen molar-refractivity contribution in [2.45, 2.75) is 37.5 Å². The van der Waals surface area contributed by atoms with Crippen LogP contribution in [-0.2, 0) is 5.41 Å². The quantitative estimate of drug-likeness (QED) is 0.172. The summed E-state index contributed by atoms with van der Waals surface area (Å²) in [6.45, 7) is 0. The Morgan fingerprint density at radius 3 is 1.64 bits per heavy atom. The molecular formula is C54H40N2. The molecule has 0 bridgehead atoms. The van der Waals surface area contributed by atoms with Gasteiger partial charge in [0.2, 0.25) is 0 Å². The molecule has 1 fully saturated rings. The zero-order chi connectivity index (χ0) is 36.8. The zero-order valence-electron chi connectivity index (χ0n) is 31.3. The van der Waals surface area contributed by atoms with Gasteiger partial charge in [-0.2, -0.15) is 0 Å². The Hall–Kier alpha value is -6.64. The summed E-state index contributed by atoms with van der Waals surface area (Å²) in [6.07, 6.45) is 6.24. The fraction of sp³-hybridized carbons (Fsp3) is 0.111. The molecule has 2 nitrogen and oxygen atoms in total. The van der Waals surface area contributed by atoms with Crippen LogP contribution in [0.5, 0.6) is 0 Å². The SMILES string of the molecule is c1ccc(-c2cccc(-n3c4ccccc4c4cc5c(cc43)-c3ccc(-c4ccc6c(c4)c4ccccc4n6-c4ccccc4)cc3C53CCCCC3)c2)cc1. The lowest BCUT2D eigenvalue weighted by Crippen LogP contribution is -2.28. The van der Waals surface area contributed by atoms with Crippen LogP contribution >= 0.6 is 0 Å². The summed E-state index contributed by atoms with van der Waals surface area (Å²) < 4.78 is 4.90. The summed E-state index contributed by atoms with van der Waals surface area (Å²) in [7, 11) is 0. The monoisotopic (exact) mass is 716 g/mol. The highest BCUT2D eigenvalue weighted by molar-refractivity contribution is 6.12. The second-order valence-electron chi connectivity index (χ2n) is 16.0. The van der Waals surface area contributed by atoms with Gasteiger partial charge in [0.15, 0.2) is 0 Å². The highest BCUT2D eigenvalue weighted by Gasteiger charge is 2.44. The van der Waals surface area contributed by atoms with Gasteiger partial charge in [0.1, 0.15) is 0 Å². The van der Waals surface area contributed by atoms with Gasteiger partial charge < -0.3 is 9.13 Å². The second-order valence-corrected chi connectivity index (χ2v) is 16.0. The van der Waals surface area contributed by atoms with Crippen molar-refractivity contribution in [3.05, 3.63) is 193 Å². The van der Waals surface area contributed by atoms with E-state index in [4.69, 9.17) is 0 Å². The number of aromatic nitrogens is 2. The average Bonchev–Trinajstić information content (AvgIpc) is 3.87. The molecule has 266 valence electrons. The minimum Gasteiger partial charge on any atom is -0.309 e. The van der Waals surface area contributed by atoms with Crippen LogP contribution in [0.25, 0.3) is 88.4 Å². The van der Waals surface area contributed by atoms with Crippen molar-refractivity contribution in [1.82, 2.24) is 9.13 Å². The van der Waals surface area contributed by atoms with Crippen LogP contribution in [0, 0.1) is 0 Å². The standard InChI is InChI=1S/C54H40N2/c1-4-15-36(16-5-1)37-17-14-20-41(31-37)56-51-24-11-9-22-44(51)47-34-49-45(35-53(47)56)42-27-25-39(33-48(42)54(49)29-12-3-13-30-54)38-26-28-52-46(32-38)43-21-8-10-23-50(43)55(52)40-18-6-2-7-19-40/h1-2,4-11,14-28,31-35H,3,12-13,29-30H2. The molecule has 2 aliphatic rings. The van der Waals surface area contributed by atoms with E-state index < -0.39 is 0 Å². The first-order valence-electron chi connectivity index (χ1n) is 20.2. The molecule has 12 rings (SSSR count). The first-order valence-corrected chi connectivity index (χ1v) is 20.2. The van der Waals surface area contributed by atoms with Gasteiger partial charge in [-0.15, -0.1) is 0 Å². The summed E-state index contributed by atoms with van der Waals surface area (Å²) in [5.41, 5.74) is 18.3. The van der Waals surface area contributed by atoms with E-state index in [1.54, 1.807) is 0 Å². The highest BCUT2D eigenvalue weighted by Crippen LogP contribution is 2.58. The van der Waals surface area contributed by atoms with E-state index in [0.717, 1.165) is 0 Å². The number of para-hydroxylation sites is 3. The maximum absolute atomic E-state index is 2.60. The number of fused-ring (bicyclic) bond motifs is 11. The molecule has 0 amide bonds. The molecule has 0 aliphatic heterocycles. The smallest absolute Gasteiger partial charge is 0.0547 e. The third kappa shape index (κ3) is 4.56. The van der Waals surface area contributed by atoms with Gasteiger partial charge in [-0.1, -0.05) is 135 Å². The Kier molecular flexibility index (Phi) is 6.89. The van der Waals surface area contributed by atoms with Crippen LogP contribution in [-0.4, -0.2) is 9.13 Å². The number of rotatable bonds is 4. The predicted octanol–water partition coefficient (Wildman–Crippen LogP) is 14.4. The van der Waals surface area contributed by atoms with Crippen molar-refractivity contribution in [2.24, 2.45) is 0 Å². The van der Waals surface area contributed by atoms with Gasteiger partial charge in [-0.3, -0.25) is 0 Å². The average molecular weight is 717 g/mol. The van der Waals surface area contributed by atoms with Gasteiger partial charge in [0.05, 0.1) is 22.1 Å². The maximum atomic E-state index is 2.60. The molecule has 1 spiro atoms. The molecule has 0 radical (unpaired) electrons. The fourth-order valence-electron chi connectivity index (χ4n) is 10.6. The first kappa shape index (κ1) is 31.7. The molecule has 1 saturated carbocycles. The van der Waals surface area contributed by atoms with Crippen LogP contribution in [0.1, 0.15) is 43.2 Å². The minimum atomic E-state index is 0.0248. The van der Waals surface area contributed by atoms with Crippen molar-refractivity contribution in [3.8, 4) is 44.8 Å². The fourth-order valence-corrected chi connectivity index (χ4v) is 10.6. The first-order chi connectivity index (χ1) is 27.7. The third-order valence-electron chi connectivity index (χ3n) is 13.1. The normalized spacial score (nSPS) is 14.6. The molecule has 2 heterocycles. The van der Waals surface area contributed by atoms with Gasteiger partial charge in [0, 0.05) is 38.3 Å². The van der Waals surface area contributed by atoms with E-state index in [0.29, 0.717) is 0 Å². The van der Waals surface area contributed by atoms with E-state index in [1.165, 1.54) is 132 Å². The third-order valence-corrected chi connectivity index (χ3v) is 13.1. The number of hydrogen-bond donors (Lipinski definition) is 0. The molecule has 10 aromatic rings. The highest BCUT2D eigenvalue weighted by atomic mass is 15.0. The Labute approximate surface area is 326 Å². The van der Waals surface area contributed by atoms with E-state index >= 15 is 0 Å². The van der Waals surface area contributed by atoms with Gasteiger partial charge in [-0.25, -0.2) is 0 Å². The molecule has 0 N–H and O–H groups in total. The molecule has 2 aromatic heterocycles. The lowest BCUT2D eigenvalue weighted by Gasteiger charge is -2.36. The molecule has 56 heavy (non-hydrogen) atoms. The van der Waals surface area contributed by atoms with Gasteiger partial charge in [0.25, 0.3) is 0 Å². The van der Waals surface area contributed by atoms with E-state index in [2.05, 4.69) is 191 Å². The Balaban J connectivity index is 1.05. The van der Waals surface area contributed by atoms with Crippen LogP contribution in [0.15, 0.2) is 182 Å². The maximum Gasteiger partial charge on any atom is 0.0547 e. The van der Waals surface area contributed by atoms with Crippen molar-refractivity contribution in [1.29, 1.82) is 0 Å². The number of hydrogen-bond acceptors (Lipinski definition) is 0. The van der Waals surface area contributed by atoms with Crippen LogP contribution < -0.4 is 0 Å². The van der Waals surface area contributed by atoms with E-state index in [1.807, 2.05) is 0 Å². The van der Waals surface area contributed by atoms with Gasteiger partial charge >= 0.3 is 0 Å². The Bertz CT molecular complexity index is 3160. The molecule has 8 aromatic carbocycles. The summed E-state index contributed by atoms with van der Waals surface area (Å²) in [4.78, 5) is 0. The predicted molar refractivity (Wildman–Crippen MR) is 235 cm³/mol. The van der Waals surface area contributed by atoms with Crippen molar-refractivity contribution in [3.63, 3.8) is 0 Å². The summed E-state index contributed by atoms with van der Waals surface area (Å²) in [5, 5.41) is 5.26. The largest absolute Gasteiger partial charge is 0.309 e. The molecular weight excluding hydrogens is 677 g/mol. The topological polar surface area (TPSA) is 9.86 Å². The zero-order valence-corrected chi connectivity index (χ0v) is 31.3. The van der Waals surface area contributed by atoms with Crippen molar-refractivity contribution < 1.29 is 0 Å². The molecule has 0 unspecified atom stereocenters. The lowest BCUT2D eigenvalue weighted by atomic mass is 9.67. The molecule has 2 heteroatoms. The lowest BCUT2D eigenvalue weighted by molar-refractivity contribution is 0.353. The Morgan fingerprint density at radius 2 is 0.875 bits per heavy atom. The molecule has 2 aliphatic carbocycles. The van der Waals surface area contributed by atoms with Crippen LogP contribution in [0.2, 0.25) is 0 Å². The van der Waals surface area contributed by atoms with E-state index in [9.17, 15) is 0 Å². The number of nitrogens with zero attached hydrogens (tertiary/aromatic N) is 2. The van der Waals surface area contributed by atoms with Gasteiger partial charge in [-0.05, 0) is 124 Å². The van der Waals surface area contributed by atoms with Crippen LogP contribution in [0.3, 0.4) is 0 Å². The summed E-state index contributed by atoms with van der Waals surface area (Å²) >= 11 is 0. The minimum absolute atomic E-state index is 0.0248. The summed E-state index contributed by atoms with van der Waals surface area (Å²) in [5.74, 6) is 0. The van der Waals surface area contributed by atoms with Crippen molar-refractivity contribution >= 4 is 43.6 Å². The molecule has 0 atom stereocenters. The van der Waals surface area contributed by atoms with Crippen LogP contribution in [0.4, 0.5) is 0 Å².